The number of hydrogen-bond acceptors (Lipinski definition) is 4. The Labute approximate surface area is 150 Å². The number of fused-ring (bicyclic) bond motifs is 1. The number of rotatable bonds is 4. The summed E-state index contributed by atoms with van der Waals surface area (Å²) in [5.41, 5.74) is 3.59. The minimum absolute atomic E-state index is 0.172. The number of carbonyl (C=O) groups excluding carboxylic acids is 1. The van der Waals surface area contributed by atoms with Crippen molar-refractivity contribution >= 4 is 23.2 Å². The third kappa shape index (κ3) is 3.29. The van der Waals surface area contributed by atoms with Gasteiger partial charge in [0.05, 0.1) is 31.1 Å². The van der Waals surface area contributed by atoms with Gasteiger partial charge in [0.25, 0.3) is 5.91 Å². The predicted octanol–water partition coefficient (Wildman–Crippen LogP) is 1.97. The Morgan fingerprint density at radius 2 is 2.08 bits per heavy atom. The van der Waals surface area contributed by atoms with Gasteiger partial charge in [0.15, 0.2) is 0 Å². The van der Waals surface area contributed by atoms with E-state index in [4.69, 9.17) is 4.74 Å². The number of aliphatic hydroxyl groups is 1. The van der Waals surface area contributed by atoms with Crippen molar-refractivity contribution in [1.29, 1.82) is 0 Å². The van der Waals surface area contributed by atoms with Crippen molar-refractivity contribution in [2.75, 3.05) is 31.6 Å². The lowest BCUT2D eigenvalue weighted by molar-refractivity contribution is -0.110. The van der Waals surface area contributed by atoms with Gasteiger partial charge < -0.3 is 20.1 Å². The molecule has 136 valence electrons. The van der Waals surface area contributed by atoms with Crippen LogP contribution >= 0.6 is 0 Å². The summed E-state index contributed by atoms with van der Waals surface area (Å²) in [7, 11) is 0. The lowest BCUT2D eigenvalue weighted by atomic mass is 10.0. The lowest BCUT2D eigenvalue weighted by Gasteiger charge is -2.25. The number of ether oxygens (including phenoxy) is 1. The van der Waals surface area contributed by atoms with Crippen LogP contribution in [-0.4, -0.2) is 47.2 Å². The number of amides is 1. The van der Waals surface area contributed by atoms with Crippen molar-refractivity contribution in [3.05, 3.63) is 52.6 Å². The summed E-state index contributed by atoms with van der Waals surface area (Å²) >= 11 is 0. The zero-order valence-corrected chi connectivity index (χ0v) is 14.2. The number of benzene rings is 1. The average molecular weight is 357 g/mol. The SMILES string of the molecule is O=C1Nc2cc(F)c(CO)cc2C1=Cc1cc(CN2CCOCC2)c[nH]1. The molecule has 2 aliphatic rings. The van der Waals surface area contributed by atoms with Crippen molar-refractivity contribution in [2.45, 2.75) is 13.2 Å². The van der Waals surface area contributed by atoms with E-state index in [2.05, 4.69) is 15.2 Å². The van der Waals surface area contributed by atoms with Gasteiger partial charge in [-0.05, 0) is 29.8 Å². The summed E-state index contributed by atoms with van der Waals surface area (Å²) in [5.74, 6) is -0.806. The van der Waals surface area contributed by atoms with Gasteiger partial charge in [-0.15, -0.1) is 0 Å². The van der Waals surface area contributed by atoms with Gasteiger partial charge in [0.1, 0.15) is 5.82 Å². The summed E-state index contributed by atoms with van der Waals surface area (Å²) < 4.78 is 19.2. The van der Waals surface area contributed by atoms with E-state index in [1.165, 1.54) is 12.1 Å². The van der Waals surface area contributed by atoms with Crippen LogP contribution in [0.2, 0.25) is 0 Å². The molecule has 1 fully saturated rings. The zero-order valence-electron chi connectivity index (χ0n) is 14.2. The fourth-order valence-corrected chi connectivity index (χ4v) is 3.33. The van der Waals surface area contributed by atoms with Gasteiger partial charge in [-0.3, -0.25) is 9.69 Å². The van der Waals surface area contributed by atoms with Gasteiger partial charge in [-0.1, -0.05) is 0 Å². The molecule has 2 aromatic rings. The Morgan fingerprint density at radius 3 is 2.85 bits per heavy atom. The van der Waals surface area contributed by atoms with Crippen molar-refractivity contribution in [1.82, 2.24) is 9.88 Å². The van der Waals surface area contributed by atoms with E-state index in [9.17, 15) is 14.3 Å². The largest absolute Gasteiger partial charge is 0.392 e. The maximum atomic E-state index is 13.8. The van der Waals surface area contributed by atoms with Crippen LogP contribution in [0.4, 0.5) is 10.1 Å². The molecule has 0 atom stereocenters. The molecule has 6 nitrogen and oxygen atoms in total. The first-order valence-corrected chi connectivity index (χ1v) is 8.58. The molecule has 0 aliphatic carbocycles. The summed E-state index contributed by atoms with van der Waals surface area (Å²) in [5, 5.41) is 11.9. The number of aromatic nitrogens is 1. The van der Waals surface area contributed by atoms with Crippen LogP contribution in [0.15, 0.2) is 24.4 Å². The third-order valence-corrected chi connectivity index (χ3v) is 4.71. The standard InChI is InChI=1S/C19H20FN3O3/c20-17-8-18-15(6-13(17)11-24)16(19(25)22-18)7-14-5-12(9-21-14)10-23-1-3-26-4-2-23/h5-9,21,24H,1-4,10-11H2,(H,22,25). The first-order chi connectivity index (χ1) is 12.6. The van der Waals surface area contributed by atoms with E-state index >= 15 is 0 Å². The molecule has 0 bridgehead atoms. The maximum Gasteiger partial charge on any atom is 0.256 e. The van der Waals surface area contributed by atoms with Crippen LogP contribution < -0.4 is 5.32 Å². The number of anilines is 1. The maximum absolute atomic E-state index is 13.8. The second-order valence-corrected chi connectivity index (χ2v) is 6.51. The first kappa shape index (κ1) is 17.0. The minimum Gasteiger partial charge on any atom is -0.392 e. The molecule has 1 aromatic heterocycles. The molecule has 1 aromatic carbocycles. The average Bonchev–Trinajstić information content (AvgIpc) is 3.19. The zero-order chi connectivity index (χ0) is 18.1. The van der Waals surface area contributed by atoms with E-state index in [0.29, 0.717) is 16.8 Å². The van der Waals surface area contributed by atoms with Gasteiger partial charge in [0, 0.05) is 42.7 Å². The molecule has 2 aliphatic heterocycles. The molecule has 0 unspecified atom stereocenters. The van der Waals surface area contributed by atoms with Crippen LogP contribution in [0, 0.1) is 5.82 Å². The molecule has 3 heterocycles. The van der Waals surface area contributed by atoms with E-state index in [1.807, 2.05) is 12.3 Å². The van der Waals surface area contributed by atoms with Gasteiger partial charge in [-0.25, -0.2) is 4.39 Å². The number of nitrogens with one attached hydrogen (secondary N) is 2. The van der Waals surface area contributed by atoms with Crippen LogP contribution in [0.3, 0.4) is 0 Å². The van der Waals surface area contributed by atoms with Crippen molar-refractivity contribution in [2.24, 2.45) is 0 Å². The molecular weight excluding hydrogens is 337 g/mol. The van der Waals surface area contributed by atoms with E-state index in [1.54, 1.807) is 6.08 Å². The quantitative estimate of drug-likeness (QED) is 0.731. The number of aliphatic hydroxyl groups excluding tert-OH is 1. The number of morpholine rings is 1. The molecule has 4 rings (SSSR count). The Hall–Kier alpha value is -2.48. The fraction of sp³-hybridized carbons (Fsp3) is 0.316. The summed E-state index contributed by atoms with van der Waals surface area (Å²) in [6.07, 6.45) is 3.68. The van der Waals surface area contributed by atoms with Crippen LogP contribution in [0.25, 0.3) is 11.6 Å². The van der Waals surface area contributed by atoms with Gasteiger partial charge in [-0.2, -0.15) is 0 Å². The summed E-state index contributed by atoms with van der Waals surface area (Å²) in [4.78, 5) is 17.8. The lowest BCUT2D eigenvalue weighted by Crippen LogP contribution is -2.35. The van der Waals surface area contributed by atoms with Crippen LogP contribution in [0.5, 0.6) is 0 Å². The number of aromatic amines is 1. The third-order valence-electron chi connectivity index (χ3n) is 4.71. The Morgan fingerprint density at radius 1 is 1.27 bits per heavy atom. The normalized spacial score (nSPS) is 19.0. The number of halogens is 1. The predicted molar refractivity (Wildman–Crippen MR) is 95.7 cm³/mol. The fourth-order valence-electron chi connectivity index (χ4n) is 3.33. The highest BCUT2D eigenvalue weighted by Crippen LogP contribution is 2.35. The van der Waals surface area contributed by atoms with Gasteiger partial charge in [0.2, 0.25) is 0 Å². The van der Waals surface area contributed by atoms with Crippen LogP contribution in [0.1, 0.15) is 22.4 Å². The Bertz CT molecular complexity index is 869. The van der Waals surface area contributed by atoms with E-state index < -0.39 is 12.4 Å². The Balaban J connectivity index is 1.58. The van der Waals surface area contributed by atoms with Crippen LogP contribution in [-0.2, 0) is 22.7 Å². The molecule has 1 saturated heterocycles. The minimum atomic E-state index is -0.527. The number of H-pyrrole nitrogens is 1. The molecule has 1 amide bonds. The molecule has 3 N–H and O–H groups in total. The molecule has 0 saturated carbocycles. The first-order valence-electron chi connectivity index (χ1n) is 8.58. The summed E-state index contributed by atoms with van der Waals surface area (Å²) in [6, 6.07) is 4.77. The topological polar surface area (TPSA) is 77.6 Å². The Kier molecular flexibility index (Phi) is 4.58. The molecule has 0 spiro atoms. The highest BCUT2D eigenvalue weighted by Gasteiger charge is 2.26. The second-order valence-electron chi connectivity index (χ2n) is 6.51. The molecule has 7 heteroatoms. The van der Waals surface area contributed by atoms with E-state index in [-0.39, 0.29) is 11.5 Å². The van der Waals surface area contributed by atoms with Crippen molar-refractivity contribution < 1.29 is 19.0 Å². The van der Waals surface area contributed by atoms with Gasteiger partial charge >= 0.3 is 0 Å². The molecular formula is C19H20FN3O3. The molecule has 26 heavy (non-hydrogen) atoms. The highest BCUT2D eigenvalue weighted by molar-refractivity contribution is 6.34. The highest BCUT2D eigenvalue weighted by atomic mass is 19.1. The van der Waals surface area contributed by atoms with Crippen molar-refractivity contribution in [3.8, 4) is 0 Å². The van der Waals surface area contributed by atoms with E-state index in [0.717, 1.165) is 44.1 Å². The van der Waals surface area contributed by atoms with Crippen molar-refractivity contribution in [3.63, 3.8) is 0 Å². The number of carbonyl (C=O) groups is 1. The summed E-state index contributed by atoms with van der Waals surface area (Å²) in [6.45, 7) is 3.74. The number of nitrogens with zero attached hydrogens (tertiary/aromatic N) is 1. The second kappa shape index (κ2) is 7.03. The smallest absolute Gasteiger partial charge is 0.256 e. The number of hydrogen-bond donors (Lipinski definition) is 3. The molecule has 0 radical (unpaired) electrons. The monoisotopic (exact) mass is 357 g/mol.